The van der Waals surface area contributed by atoms with E-state index in [2.05, 4.69) is 30.4 Å². The Morgan fingerprint density at radius 2 is 1.53 bits per heavy atom. The van der Waals surface area contributed by atoms with E-state index in [9.17, 15) is 0 Å². The van der Waals surface area contributed by atoms with Gasteiger partial charge in [-0.15, -0.1) is 0 Å². The van der Waals surface area contributed by atoms with Gasteiger partial charge in [-0.2, -0.15) is 4.99 Å². The monoisotopic (exact) mass is 573 g/mol. The van der Waals surface area contributed by atoms with E-state index in [1.807, 2.05) is 44.2 Å². The lowest BCUT2D eigenvalue weighted by Gasteiger charge is -2.37. The molecule has 0 radical (unpaired) electrons. The number of ether oxygens (including phenoxy) is 2. The Morgan fingerprint density at radius 3 is 2.13 bits per heavy atom. The molecule has 4 rings (SSSR count). The minimum absolute atomic E-state index is 0.222. The van der Waals surface area contributed by atoms with Gasteiger partial charge in [-0.25, -0.2) is 9.97 Å². The Morgan fingerprint density at radius 1 is 0.895 bits per heavy atom. The van der Waals surface area contributed by atoms with Gasteiger partial charge in [0.25, 0.3) is 0 Å². The van der Waals surface area contributed by atoms with Gasteiger partial charge >= 0.3 is 0 Å². The van der Waals surface area contributed by atoms with Gasteiger partial charge in [0, 0.05) is 60.4 Å². The Kier molecular flexibility index (Phi) is 9.09. The molecule has 0 spiro atoms. The smallest absolute Gasteiger partial charge is 0.229 e. The van der Waals surface area contributed by atoms with Crippen LogP contribution in [0, 0.1) is 13.8 Å². The fraction of sp³-hybridized carbons (Fsp3) is 0.308. The molecular formula is C26H29Cl2N7O2S. The maximum Gasteiger partial charge on any atom is 0.229 e. The van der Waals surface area contributed by atoms with Crippen LogP contribution in [0.25, 0.3) is 0 Å². The van der Waals surface area contributed by atoms with Crippen molar-refractivity contribution < 1.29 is 9.47 Å². The van der Waals surface area contributed by atoms with Gasteiger partial charge in [-0.3, -0.25) is 5.32 Å². The highest BCUT2D eigenvalue weighted by atomic mass is 35.5. The summed E-state index contributed by atoms with van der Waals surface area (Å²) in [5, 5.41) is 7.78. The molecule has 1 aromatic heterocycles. The van der Waals surface area contributed by atoms with Crippen LogP contribution in [-0.4, -0.2) is 66.3 Å². The molecule has 9 nitrogen and oxygen atoms in total. The number of anilines is 3. The number of rotatable bonds is 5. The quantitative estimate of drug-likeness (QED) is 0.236. The van der Waals surface area contributed by atoms with Crippen LogP contribution in [0.4, 0.5) is 17.3 Å². The van der Waals surface area contributed by atoms with E-state index in [4.69, 9.17) is 49.9 Å². The minimum atomic E-state index is 0.222. The predicted octanol–water partition coefficient (Wildman–Crippen LogP) is 5.40. The van der Waals surface area contributed by atoms with Crippen LogP contribution >= 0.6 is 35.4 Å². The van der Waals surface area contributed by atoms with Gasteiger partial charge in [0.1, 0.15) is 11.5 Å². The predicted molar refractivity (Wildman–Crippen MR) is 159 cm³/mol. The van der Waals surface area contributed by atoms with E-state index in [-0.39, 0.29) is 5.11 Å². The van der Waals surface area contributed by atoms with Crippen LogP contribution < -0.4 is 25.0 Å². The number of nitrogens with zero attached hydrogens (tertiary/aromatic N) is 5. The minimum Gasteiger partial charge on any atom is -0.495 e. The van der Waals surface area contributed by atoms with E-state index in [0.717, 1.165) is 35.2 Å². The third kappa shape index (κ3) is 6.94. The first kappa shape index (κ1) is 27.7. The lowest BCUT2D eigenvalue weighted by molar-refractivity contribution is 0.385. The molecule has 0 saturated carbocycles. The maximum atomic E-state index is 6.25. The third-order valence-corrected chi connectivity index (χ3v) is 6.64. The third-order valence-electron chi connectivity index (χ3n) is 5.90. The molecular weight excluding hydrogens is 545 g/mol. The van der Waals surface area contributed by atoms with Crippen LogP contribution in [0.3, 0.4) is 0 Å². The molecule has 1 aliphatic heterocycles. The topological polar surface area (TPSA) is 87.1 Å². The summed E-state index contributed by atoms with van der Waals surface area (Å²) in [6, 6.07) is 13.2. The SMILES string of the molecule is COc1cc(NC(=S)/N=C(/Nc2nc(C)cc(C)n2)N2CCN(c3ccc(Cl)cc3)CC2)c(OC)cc1Cl. The average Bonchev–Trinajstić information content (AvgIpc) is 2.89. The van der Waals surface area contributed by atoms with Crippen molar-refractivity contribution >= 4 is 63.8 Å². The lowest BCUT2D eigenvalue weighted by Crippen LogP contribution is -2.51. The summed E-state index contributed by atoms with van der Waals surface area (Å²) in [5.74, 6) is 2.00. The van der Waals surface area contributed by atoms with Gasteiger partial charge in [0.2, 0.25) is 17.0 Å². The summed E-state index contributed by atoms with van der Waals surface area (Å²) in [6.07, 6.45) is 0. The summed E-state index contributed by atoms with van der Waals surface area (Å²) in [7, 11) is 3.10. The molecule has 0 bridgehead atoms. The van der Waals surface area contributed by atoms with Crippen molar-refractivity contribution in [3.8, 4) is 11.5 Å². The van der Waals surface area contributed by atoms with Crippen LogP contribution in [0.15, 0.2) is 47.5 Å². The zero-order chi connectivity index (χ0) is 27.2. The van der Waals surface area contributed by atoms with Crippen LogP contribution in [0.1, 0.15) is 11.4 Å². The van der Waals surface area contributed by atoms with Crippen molar-refractivity contribution in [2.45, 2.75) is 13.8 Å². The summed E-state index contributed by atoms with van der Waals surface area (Å²) in [6.45, 7) is 6.85. The fourth-order valence-electron chi connectivity index (χ4n) is 4.09. The second kappa shape index (κ2) is 12.5. The molecule has 2 aromatic carbocycles. The Balaban J connectivity index is 1.57. The molecule has 0 amide bonds. The molecule has 1 saturated heterocycles. The Labute approximate surface area is 237 Å². The number of aromatic nitrogens is 2. The zero-order valence-corrected chi connectivity index (χ0v) is 23.9. The lowest BCUT2D eigenvalue weighted by atomic mass is 10.2. The summed E-state index contributed by atoms with van der Waals surface area (Å²) in [5.41, 5.74) is 3.41. The molecule has 38 heavy (non-hydrogen) atoms. The first-order valence-electron chi connectivity index (χ1n) is 11.9. The largest absolute Gasteiger partial charge is 0.495 e. The number of aliphatic imine (C=N–C) groups is 1. The van der Waals surface area contributed by atoms with Crippen molar-refractivity contribution in [2.24, 2.45) is 4.99 Å². The number of methoxy groups -OCH3 is 2. The molecule has 12 heteroatoms. The molecule has 3 aromatic rings. The normalized spacial score (nSPS) is 13.8. The molecule has 200 valence electrons. The number of thiocarbonyl (C=S) groups is 1. The highest BCUT2D eigenvalue weighted by Gasteiger charge is 2.22. The van der Waals surface area contributed by atoms with E-state index < -0.39 is 0 Å². The fourth-order valence-corrected chi connectivity index (χ4v) is 4.64. The number of benzene rings is 2. The molecule has 1 aliphatic rings. The standard InChI is InChI=1S/C26H29Cl2N7O2S/c1-16-13-17(2)30-24(29-16)32-25(35-11-9-34(10-12-35)19-7-5-18(27)6-8-19)33-26(38)31-21-15-22(36-3)20(28)14-23(21)37-4/h5-8,13-15H,9-12H2,1-4H3,(H2,29,30,31,32,33,38). The van der Waals surface area contributed by atoms with Crippen LogP contribution in [0.2, 0.25) is 10.0 Å². The van der Waals surface area contributed by atoms with Gasteiger partial charge < -0.3 is 24.6 Å². The number of hydrogen-bond acceptors (Lipinski definition) is 6. The Hall–Kier alpha value is -3.34. The second-order valence-electron chi connectivity index (χ2n) is 8.60. The van der Waals surface area contributed by atoms with Gasteiger partial charge in [0.15, 0.2) is 0 Å². The van der Waals surface area contributed by atoms with Crippen molar-refractivity contribution in [3.63, 3.8) is 0 Å². The first-order valence-corrected chi connectivity index (χ1v) is 13.1. The van der Waals surface area contributed by atoms with Gasteiger partial charge in [0.05, 0.1) is 24.9 Å². The van der Waals surface area contributed by atoms with E-state index >= 15 is 0 Å². The van der Waals surface area contributed by atoms with Gasteiger partial charge in [-0.05, 0) is 56.4 Å². The van der Waals surface area contributed by atoms with Crippen LogP contribution in [0.5, 0.6) is 11.5 Å². The summed E-state index contributed by atoms with van der Waals surface area (Å²) >= 11 is 17.9. The number of aryl methyl sites for hydroxylation is 2. The highest BCUT2D eigenvalue weighted by Crippen LogP contribution is 2.36. The maximum absolute atomic E-state index is 6.25. The zero-order valence-electron chi connectivity index (χ0n) is 21.6. The molecule has 1 fully saturated rings. The second-order valence-corrected chi connectivity index (χ2v) is 9.83. The van der Waals surface area contributed by atoms with E-state index in [0.29, 0.717) is 47.2 Å². The number of guanidine groups is 1. The Bertz CT molecular complexity index is 1310. The number of nitrogens with one attached hydrogen (secondary N) is 2. The molecule has 0 aliphatic carbocycles. The number of halogens is 2. The molecule has 2 N–H and O–H groups in total. The molecule has 2 heterocycles. The summed E-state index contributed by atoms with van der Waals surface area (Å²) < 4.78 is 10.8. The van der Waals surface area contributed by atoms with E-state index in [1.165, 1.54) is 0 Å². The number of hydrogen-bond donors (Lipinski definition) is 2. The average molecular weight is 575 g/mol. The van der Waals surface area contributed by atoms with Crippen LogP contribution in [-0.2, 0) is 0 Å². The summed E-state index contributed by atoms with van der Waals surface area (Å²) in [4.78, 5) is 18.2. The number of piperazine rings is 1. The highest BCUT2D eigenvalue weighted by molar-refractivity contribution is 7.80. The van der Waals surface area contributed by atoms with Gasteiger partial charge in [-0.1, -0.05) is 23.2 Å². The van der Waals surface area contributed by atoms with Crippen molar-refractivity contribution in [2.75, 3.05) is 55.9 Å². The van der Waals surface area contributed by atoms with Crippen molar-refractivity contribution in [3.05, 3.63) is 63.9 Å². The first-order chi connectivity index (χ1) is 18.2. The van der Waals surface area contributed by atoms with E-state index in [1.54, 1.807) is 26.4 Å². The van der Waals surface area contributed by atoms with Crippen molar-refractivity contribution in [1.82, 2.24) is 14.9 Å². The molecule has 0 unspecified atom stereocenters. The van der Waals surface area contributed by atoms with Crippen molar-refractivity contribution in [1.29, 1.82) is 0 Å². The molecule has 0 atom stereocenters.